The zero-order valence-corrected chi connectivity index (χ0v) is 9.21. The fourth-order valence-electron chi connectivity index (χ4n) is 1.17. The maximum absolute atomic E-state index is 11.4. The van der Waals surface area contributed by atoms with Gasteiger partial charge in [0.25, 0.3) is 0 Å². The van der Waals surface area contributed by atoms with Crippen LogP contribution in [0.3, 0.4) is 0 Å². The predicted octanol–water partition coefficient (Wildman–Crippen LogP) is 0.420. The highest BCUT2D eigenvalue weighted by Gasteiger charge is 2.15. The lowest BCUT2D eigenvalue weighted by Crippen LogP contribution is -2.12. The van der Waals surface area contributed by atoms with Crippen molar-refractivity contribution >= 4 is 15.5 Å². The van der Waals surface area contributed by atoms with E-state index in [0.29, 0.717) is 17.9 Å². The SMILES string of the molecule is CCn1ncc(N)c1CS(=O)(=O)CC. The van der Waals surface area contributed by atoms with E-state index in [-0.39, 0.29) is 11.5 Å². The Labute approximate surface area is 83.8 Å². The minimum atomic E-state index is -3.04. The van der Waals surface area contributed by atoms with E-state index in [0.717, 1.165) is 0 Å². The standard InChI is InChI=1S/C8H15N3O2S/c1-3-11-8(7(9)5-10-11)6-14(12,13)4-2/h5H,3-4,6,9H2,1-2H3. The fraction of sp³-hybridized carbons (Fsp3) is 0.625. The van der Waals surface area contributed by atoms with Crippen molar-refractivity contribution in [1.82, 2.24) is 9.78 Å². The van der Waals surface area contributed by atoms with Crippen LogP contribution in [0.15, 0.2) is 6.20 Å². The molecule has 2 N–H and O–H groups in total. The molecule has 5 nitrogen and oxygen atoms in total. The van der Waals surface area contributed by atoms with Gasteiger partial charge in [-0.15, -0.1) is 0 Å². The number of aryl methyl sites for hydroxylation is 1. The van der Waals surface area contributed by atoms with E-state index in [1.54, 1.807) is 11.6 Å². The van der Waals surface area contributed by atoms with Gasteiger partial charge in [-0.25, -0.2) is 8.42 Å². The minimum absolute atomic E-state index is 0.0246. The summed E-state index contributed by atoms with van der Waals surface area (Å²) in [6, 6.07) is 0. The molecule has 0 aliphatic rings. The smallest absolute Gasteiger partial charge is 0.155 e. The number of nitrogens with two attached hydrogens (primary N) is 1. The highest BCUT2D eigenvalue weighted by molar-refractivity contribution is 7.90. The van der Waals surface area contributed by atoms with Crippen LogP contribution in [0, 0.1) is 0 Å². The molecule has 1 rings (SSSR count). The summed E-state index contributed by atoms with van der Waals surface area (Å²) in [6.07, 6.45) is 1.49. The molecule has 14 heavy (non-hydrogen) atoms. The van der Waals surface area contributed by atoms with Crippen LogP contribution in [0.2, 0.25) is 0 Å². The van der Waals surface area contributed by atoms with Crippen molar-refractivity contribution < 1.29 is 8.42 Å². The Morgan fingerprint density at radius 3 is 2.64 bits per heavy atom. The molecule has 1 aromatic heterocycles. The van der Waals surface area contributed by atoms with Gasteiger partial charge < -0.3 is 5.73 Å². The number of aromatic nitrogens is 2. The summed E-state index contributed by atoms with van der Waals surface area (Å²) >= 11 is 0. The average molecular weight is 217 g/mol. The van der Waals surface area contributed by atoms with Crippen LogP contribution < -0.4 is 5.73 Å². The molecule has 0 spiro atoms. The molecular weight excluding hydrogens is 202 g/mol. The summed E-state index contributed by atoms with van der Waals surface area (Å²) in [5, 5.41) is 3.98. The van der Waals surface area contributed by atoms with Gasteiger partial charge in [0, 0.05) is 12.3 Å². The van der Waals surface area contributed by atoms with E-state index in [2.05, 4.69) is 5.10 Å². The van der Waals surface area contributed by atoms with Crippen LogP contribution in [0.25, 0.3) is 0 Å². The Hall–Kier alpha value is -1.04. The number of nitrogens with zero attached hydrogens (tertiary/aromatic N) is 2. The van der Waals surface area contributed by atoms with Crippen molar-refractivity contribution in [2.24, 2.45) is 0 Å². The van der Waals surface area contributed by atoms with Crippen LogP contribution in [0.4, 0.5) is 5.69 Å². The fourth-order valence-corrected chi connectivity index (χ4v) is 2.10. The third-order valence-electron chi connectivity index (χ3n) is 2.08. The van der Waals surface area contributed by atoms with E-state index >= 15 is 0 Å². The molecule has 6 heteroatoms. The molecule has 0 aliphatic heterocycles. The van der Waals surface area contributed by atoms with E-state index in [1.165, 1.54) is 6.20 Å². The van der Waals surface area contributed by atoms with Gasteiger partial charge in [0.05, 0.1) is 23.3 Å². The van der Waals surface area contributed by atoms with Crippen molar-refractivity contribution in [3.8, 4) is 0 Å². The second-order valence-electron chi connectivity index (χ2n) is 3.04. The van der Waals surface area contributed by atoms with Crippen molar-refractivity contribution in [1.29, 1.82) is 0 Å². The van der Waals surface area contributed by atoms with Gasteiger partial charge in [-0.1, -0.05) is 6.92 Å². The monoisotopic (exact) mass is 217 g/mol. The molecule has 0 saturated carbocycles. The van der Waals surface area contributed by atoms with Crippen molar-refractivity contribution in [3.63, 3.8) is 0 Å². The van der Waals surface area contributed by atoms with Crippen LogP contribution in [0.5, 0.6) is 0 Å². The number of sulfone groups is 1. The number of nitrogen functional groups attached to an aromatic ring is 1. The van der Waals surface area contributed by atoms with Gasteiger partial charge >= 0.3 is 0 Å². The summed E-state index contributed by atoms with van der Waals surface area (Å²) in [4.78, 5) is 0. The minimum Gasteiger partial charge on any atom is -0.396 e. The number of hydrogen-bond acceptors (Lipinski definition) is 4. The average Bonchev–Trinajstić information content (AvgIpc) is 2.48. The maximum atomic E-state index is 11.4. The van der Waals surface area contributed by atoms with Gasteiger partial charge in [0.2, 0.25) is 0 Å². The van der Waals surface area contributed by atoms with E-state index in [9.17, 15) is 8.42 Å². The molecule has 1 aromatic rings. The number of rotatable bonds is 4. The molecule has 0 saturated heterocycles. The lowest BCUT2D eigenvalue weighted by atomic mass is 10.4. The van der Waals surface area contributed by atoms with Crippen molar-refractivity contribution in [2.75, 3.05) is 11.5 Å². The summed E-state index contributed by atoms with van der Waals surface area (Å²) in [7, 11) is -3.04. The molecule has 0 aromatic carbocycles. The van der Waals surface area contributed by atoms with E-state index in [1.807, 2.05) is 6.92 Å². The van der Waals surface area contributed by atoms with E-state index in [4.69, 9.17) is 5.73 Å². The van der Waals surface area contributed by atoms with Crippen molar-refractivity contribution in [3.05, 3.63) is 11.9 Å². The lowest BCUT2D eigenvalue weighted by molar-refractivity contribution is 0.587. The molecule has 0 unspecified atom stereocenters. The number of anilines is 1. The first-order chi connectivity index (χ1) is 6.50. The molecule has 0 atom stereocenters. The Morgan fingerprint density at radius 2 is 2.14 bits per heavy atom. The first-order valence-electron chi connectivity index (χ1n) is 4.50. The molecule has 0 bridgehead atoms. The Balaban J connectivity index is 3.01. The topological polar surface area (TPSA) is 78.0 Å². The van der Waals surface area contributed by atoms with Gasteiger partial charge in [0.1, 0.15) is 0 Å². The Bertz CT molecular complexity index is 408. The Kier molecular flexibility index (Phi) is 3.15. The summed E-state index contributed by atoms with van der Waals surface area (Å²) in [6.45, 7) is 4.15. The summed E-state index contributed by atoms with van der Waals surface area (Å²) in [5.41, 5.74) is 6.67. The second-order valence-corrected chi connectivity index (χ2v) is 5.39. The molecule has 80 valence electrons. The first kappa shape index (κ1) is 11.0. The van der Waals surface area contributed by atoms with Crippen LogP contribution in [0.1, 0.15) is 19.5 Å². The van der Waals surface area contributed by atoms with E-state index < -0.39 is 9.84 Å². The zero-order valence-electron chi connectivity index (χ0n) is 8.40. The highest BCUT2D eigenvalue weighted by atomic mass is 32.2. The normalized spacial score (nSPS) is 11.9. The third kappa shape index (κ3) is 2.25. The van der Waals surface area contributed by atoms with Gasteiger partial charge in [-0.2, -0.15) is 5.10 Å². The lowest BCUT2D eigenvalue weighted by Gasteiger charge is -2.05. The zero-order chi connectivity index (χ0) is 10.8. The Morgan fingerprint density at radius 1 is 1.50 bits per heavy atom. The van der Waals surface area contributed by atoms with Gasteiger partial charge in [-0.05, 0) is 6.92 Å². The molecule has 1 heterocycles. The number of hydrogen-bond donors (Lipinski definition) is 1. The van der Waals surface area contributed by atoms with Gasteiger partial charge in [0.15, 0.2) is 9.84 Å². The highest BCUT2D eigenvalue weighted by Crippen LogP contribution is 2.14. The molecule has 0 amide bonds. The second kappa shape index (κ2) is 4.00. The first-order valence-corrected chi connectivity index (χ1v) is 6.33. The van der Waals surface area contributed by atoms with Crippen LogP contribution in [-0.2, 0) is 22.1 Å². The predicted molar refractivity (Wildman–Crippen MR) is 55.5 cm³/mol. The quantitative estimate of drug-likeness (QED) is 0.792. The largest absolute Gasteiger partial charge is 0.396 e. The summed E-state index contributed by atoms with van der Waals surface area (Å²) in [5.74, 6) is 0.102. The molecule has 0 radical (unpaired) electrons. The maximum Gasteiger partial charge on any atom is 0.155 e. The molecule has 0 fully saturated rings. The van der Waals surface area contributed by atoms with Crippen molar-refractivity contribution in [2.45, 2.75) is 26.1 Å². The van der Waals surface area contributed by atoms with Crippen LogP contribution >= 0.6 is 0 Å². The van der Waals surface area contributed by atoms with Gasteiger partial charge in [-0.3, -0.25) is 4.68 Å². The molecule has 0 aliphatic carbocycles. The third-order valence-corrected chi connectivity index (χ3v) is 3.67. The summed E-state index contributed by atoms with van der Waals surface area (Å²) < 4.78 is 24.4. The van der Waals surface area contributed by atoms with Crippen LogP contribution in [-0.4, -0.2) is 24.0 Å². The molecular formula is C8H15N3O2S.